The molecule has 0 spiro atoms. The normalized spacial score (nSPS) is 28.5. The molecule has 1 aliphatic carbocycles. The lowest BCUT2D eigenvalue weighted by Gasteiger charge is -2.34. The van der Waals surface area contributed by atoms with Gasteiger partial charge in [0, 0.05) is 19.8 Å². The molecule has 84 valence electrons. The first-order chi connectivity index (χ1) is 6.76. The van der Waals surface area contributed by atoms with Gasteiger partial charge in [-0.1, -0.05) is 6.92 Å². The third-order valence-corrected chi connectivity index (χ3v) is 3.05. The van der Waals surface area contributed by atoms with Gasteiger partial charge in [-0.15, -0.1) is 0 Å². The van der Waals surface area contributed by atoms with E-state index in [1.165, 1.54) is 0 Å². The number of rotatable bonds is 7. The lowest BCUT2D eigenvalue weighted by atomic mass is 9.89. The van der Waals surface area contributed by atoms with Gasteiger partial charge in [0.1, 0.15) is 0 Å². The molecule has 0 aliphatic heterocycles. The number of methoxy groups -OCH3 is 1. The molecule has 1 saturated carbocycles. The Morgan fingerprint density at radius 2 is 2.21 bits per heavy atom. The lowest BCUT2D eigenvalue weighted by molar-refractivity contribution is 0.0174. The Bertz CT molecular complexity index is 146. The summed E-state index contributed by atoms with van der Waals surface area (Å²) in [5.74, 6) is 0.449. The molecule has 0 amide bonds. The summed E-state index contributed by atoms with van der Waals surface area (Å²) in [5, 5.41) is 12.3. The molecule has 0 aromatic rings. The zero-order valence-electron chi connectivity index (χ0n) is 9.33. The Morgan fingerprint density at radius 1 is 1.50 bits per heavy atom. The van der Waals surface area contributed by atoms with Crippen LogP contribution in [-0.2, 0) is 4.74 Å². The van der Waals surface area contributed by atoms with Crippen LogP contribution in [-0.4, -0.2) is 37.5 Å². The van der Waals surface area contributed by atoms with Crippen LogP contribution in [0.2, 0.25) is 0 Å². The van der Waals surface area contributed by atoms with Gasteiger partial charge < -0.3 is 15.2 Å². The van der Waals surface area contributed by atoms with Gasteiger partial charge in [-0.05, 0) is 38.1 Å². The number of hydrogen-bond donors (Lipinski definition) is 2. The summed E-state index contributed by atoms with van der Waals surface area (Å²) >= 11 is 0. The number of hydrogen-bond acceptors (Lipinski definition) is 3. The Labute approximate surface area is 86.8 Å². The van der Waals surface area contributed by atoms with Crippen molar-refractivity contribution < 1.29 is 9.84 Å². The zero-order valence-corrected chi connectivity index (χ0v) is 9.33. The third kappa shape index (κ3) is 3.95. The van der Waals surface area contributed by atoms with Gasteiger partial charge >= 0.3 is 0 Å². The fourth-order valence-corrected chi connectivity index (χ4v) is 1.77. The first-order valence-corrected chi connectivity index (χ1v) is 5.63. The molecule has 3 nitrogen and oxygen atoms in total. The van der Waals surface area contributed by atoms with E-state index in [2.05, 4.69) is 12.2 Å². The summed E-state index contributed by atoms with van der Waals surface area (Å²) in [5.41, 5.74) is 0. The van der Waals surface area contributed by atoms with Crippen molar-refractivity contribution in [3.05, 3.63) is 0 Å². The number of nitrogens with one attached hydrogen (secondary N) is 1. The van der Waals surface area contributed by atoms with Crippen molar-refractivity contribution in [2.75, 3.05) is 20.3 Å². The fourth-order valence-electron chi connectivity index (χ4n) is 1.77. The quantitative estimate of drug-likeness (QED) is 0.607. The molecule has 1 atom stereocenters. The molecule has 1 unspecified atom stereocenters. The highest BCUT2D eigenvalue weighted by Gasteiger charge is 2.27. The van der Waals surface area contributed by atoms with E-state index in [0.717, 1.165) is 32.2 Å². The molecule has 2 N–H and O–H groups in total. The van der Waals surface area contributed by atoms with Crippen molar-refractivity contribution in [2.24, 2.45) is 5.92 Å². The van der Waals surface area contributed by atoms with Crippen LogP contribution in [0.4, 0.5) is 0 Å². The van der Waals surface area contributed by atoms with Gasteiger partial charge in [-0.2, -0.15) is 0 Å². The molecule has 0 heterocycles. The summed E-state index contributed by atoms with van der Waals surface area (Å²) in [6.07, 6.45) is 5.08. The van der Waals surface area contributed by atoms with Gasteiger partial charge in [0.05, 0.1) is 6.10 Å². The summed E-state index contributed by atoms with van der Waals surface area (Å²) in [7, 11) is 1.78. The predicted molar refractivity (Wildman–Crippen MR) is 57.3 cm³/mol. The van der Waals surface area contributed by atoms with Gasteiger partial charge in [0.2, 0.25) is 0 Å². The smallest absolute Gasteiger partial charge is 0.0601 e. The van der Waals surface area contributed by atoms with E-state index in [4.69, 9.17) is 9.84 Å². The van der Waals surface area contributed by atoms with E-state index < -0.39 is 0 Å². The highest BCUT2D eigenvalue weighted by atomic mass is 16.5. The minimum absolute atomic E-state index is 0.315. The van der Waals surface area contributed by atoms with Crippen LogP contribution in [0.25, 0.3) is 0 Å². The van der Waals surface area contributed by atoms with Crippen LogP contribution in [0.3, 0.4) is 0 Å². The van der Waals surface area contributed by atoms with E-state index in [1.54, 1.807) is 7.11 Å². The predicted octanol–water partition coefficient (Wildman–Crippen LogP) is 1.16. The van der Waals surface area contributed by atoms with Crippen LogP contribution in [0, 0.1) is 5.92 Å². The van der Waals surface area contributed by atoms with E-state index in [1.807, 2.05) is 0 Å². The number of aliphatic hydroxyl groups excluding tert-OH is 1. The highest BCUT2D eigenvalue weighted by Crippen LogP contribution is 2.22. The Morgan fingerprint density at radius 3 is 2.79 bits per heavy atom. The van der Waals surface area contributed by atoms with Crippen LogP contribution in [0.1, 0.15) is 32.6 Å². The Hall–Kier alpha value is -0.120. The van der Waals surface area contributed by atoms with Gasteiger partial charge in [0.15, 0.2) is 0 Å². The van der Waals surface area contributed by atoms with Crippen molar-refractivity contribution in [3.63, 3.8) is 0 Å². The molecule has 0 radical (unpaired) electrons. The Kier molecular flexibility index (Phi) is 5.45. The van der Waals surface area contributed by atoms with E-state index in [9.17, 15) is 0 Å². The zero-order chi connectivity index (χ0) is 10.4. The minimum atomic E-state index is 0.315. The summed E-state index contributed by atoms with van der Waals surface area (Å²) < 4.78 is 5.21. The first kappa shape index (κ1) is 12.0. The number of aliphatic hydroxyl groups is 1. The van der Waals surface area contributed by atoms with Crippen LogP contribution >= 0.6 is 0 Å². The average Bonchev–Trinajstić information content (AvgIpc) is 2.14. The monoisotopic (exact) mass is 201 g/mol. The average molecular weight is 201 g/mol. The summed E-state index contributed by atoms with van der Waals surface area (Å²) in [4.78, 5) is 0. The molecule has 1 fully saturated rings. The van der Waals surface area contributed by atoms with Gasteiger partial charge in [-0.3, -0.25) is 0 Å². The van der Waals surface area contributed by atoms with Crippen molar-refractivity contribution in [3.8, 4) is 0 Å². The van der Waals surface area contributed by atoms with E-state index in [0.29, 0.717) is 24.7 Å². The molecular formula is C11H23NO2. The van der Waals surface area contributed by atoms with Gasteiger partial charge in [-0.25, -0.2) is 0 Å². The molecule has 3 heteroatoms. The van der Waals surface area contributed by atoms with Crippen molar-refractivity contribution in [1.82, 2.24) is 5.32 Å². The molecular weight excluding hydrogens is 178 g/mol. The van der Waals surface area contributed by atoms with Crippen molar-refractivity contribution in [1.29, 1.82) is 0 Å². The molecule has 14 heavy (non-hydrogen) atoms. The third-order valence-electron chi connectivity index (χ3n) is 3.05. The van der Waals surface area contributed by atoms with Crippen LogP contribution in [0.5, 0.6) is 0 Å². The molecule has 1 aliphatic rings. The number of ether oxygens (including phenoxy) is 1. The maximum Gasteiger partial charge on any atom is 0.0601 e. The maximum absolute atomic E-state index is 8.83. The highest BCUT2D eigenvalue weighted by molar-refractivity contribution is 4.85. The first-order valence-electron chi connectivity index (χ1n) is 5.63. The minimum Gasteiger partial charge on any atom is -0.396 e. The molecule has 0 aromatic carbocycles. The second-order valence-electron chi connectivity index (χ2n) is 4.41. The van der Waals surface area contributed by atoms with Crippen molar-refractivity contribution in [2.45, 2.75) is 44.8 Å². The second-order valence-corrected chi connectivity index (χ2v) is 4.41. The van der Waals surface area contributed by atoms with Crippen LogP contribution in [0.15, 0.2) is 0 Å². The van der Waals surface area contributed by atoms with E-state index >= 15 is 0 Å². The second kappa shape index (κ2) is 6.38. The summed E-state index contributed by atoms with van der Waals surface area (Å²) in [6.45, 7) is 3.48. The standard InChI is InChI=1S/C11H23NO2/c1-9(8-13)4-3-5-12-10-6-11(7-10)14-2/h9-13H,3-8H2,1-2H3. The van der Waals surface area contributed by atoms with Crippen molar-refractivity contribution >= 4 is 0 Å². The van der Waals surface area contributed by atoms with E-state index in [-0.39, 0.29) is 0 Å². The molecule has 0 bridgehead atoms. The topological polar surface area (TPSA) is 41.5 Å². The maximum atomic E-state index is 8.83. The SMILES string of the molecule is COC1CC(NCCCC(C)CO)C1. The molecule has 0 saturated heterocycles. The van der Waals surface area contributed by atoms with Crippen LogP contribution < -0.4 is 5.32 Å². The Balaban J connectivity index is 1.86. The molecule has 1 rings (SSSR count). The fraction of sp³-hybridized carbons (Fsp3) is 1.00. The summed E-state index contributed by atoms with van der Waals surface area (Å²) in [6, 6.07) is 0.671. The van der Waals surface area contributed by atoms with Gasteiger partial charge in [0.25, 0.3) is 0 Å². The lowest BCUT2D eigenvalue weighted by Crippen LogP contribution is -2.45. The largest absolute Gasteiger partial charge is 0.396 e. The molecule has 0 aromatic heterocycles.